The molecule has 1 fully saturated rings. The van der Waals surface area contributed by atoms with E-state index >= 15 is 0 Å². The van der Waals surface area contributed by atoms with Crippen molar-refractivity contribution < 1.29 is 9.53 Å². The van der Waals surface area contributed by atoms with E-state index in [4.69, 9.17) is 4.74 Å². The number of amides is 1. The van der Waals surface area contributed by atoms with E-state index in [2.05, 4.69) is 15.6 Å². The fourth-order valence-corrected chi connectivity index (χ4v) is 1.99. The number of carbonyl (C=O) groups is 1. The van der Waals surface area contributed by atoms with Gasteiger partial charge in [-0.25, -0.2) is 0 Å². The summed E-state index contributed by atoms with van der Waals surface area (Å²) in [5.41, 5.74) is 0.970. The molecule has 1 aliphatic heterocycles. The molecule has 1 aliphatic rings. The lowest BCUT2D eigenvalue weighted by atomic mass is 10.1. The van der Waals surface area contributed by atoms with Gasteiger partial charge in [-0.05, 0) is 17.7 Å². The highest BCUT2D eigenvalue weighted by Gasteiger charge is 2.27. The number of nitrogens with zero attached hydrogens (tertiary/aromatic N) is 1. The average Bonchev–Trinajstić information content (AvgIpc) is 2.77. The van der Waals surface area contributed by atoms with E-state index in [1.807, 2.05) is 12.1 Å². The number of pyridine rings is 1. The molecule has 17 heavy (non-hydrogen) atoms. The normalized spacial score (nSPS) is 23.6. The van der Waals surface area contributed by atoms with Gasteiger partial charge in [-0.3, -0.25) is 9.78 Å². The summed E-state index contributed by atoms with van der Waals surface area (Å²) in [5.74, 6) is 0.0203. The molecule has 1 amide bonds. The molecule has 0 radical (unpaired) electrons. The van der Waals surface area contributed by atoms with Crippen molar-refractivity contribution in [3.8, 4) is 0 Å². The van der Waals surface area contributed by atoms with E-state index in [1.54, 1.807) is 19.5 Å². The fraction of sp³-hybridized carbons (Fsp3) is 0.500. The SMILES string of the molecule is CO[C@H]1CNCC1NC(=O)Cc1ccncc1. The molecule has 0 bridgehead atoms. The van der Waals surface area contributed by atoms with Crippen LogP contribution in [0.1, 0.15) is 5.56 Å². The van der Waals surface area contributed by atoms with Crippen LogP contribution in [0.4, 0.5) is 0 Å². The monoisotopic (exact) mass is 235 g/mol. The summed E-state index contributed by atoms with van der Waals surface area (Å²) in [5, 5.41) is 6.17. The van der Waals surface area contributed by atoms with Crippen molar-refractivity contribution in [3.05, 3.63) is 30.1 Å². The second kappa shape index (κ2) is 5.75. The van der Waals surface area contributed by atoms with Gasteiger partial charge in [0.15, 0.2) is 0 Å². The Hall–Kier alpha value is -1.46. The minimum atomic E-state index is 0.0203. The third kappa shape index (κ3) is 3.25. The van der Waals surface area contributed by atoms with Crippen LogP contribution in [0.15, 0.2) is 24.5 Å². The number of nitrogens with one attached hydrogen (secondary N) is 2. The van der Waals surface area contributed by atoms with Gasteiger partial charge in [0, 0.05) is 32.6 Å². The Morgan fingerprint density at radius 3 is 3.00 bits per heavy atom. The molecule has 5 nitrogen and oxygen atoms in total. The van der Waals surface area contributed by atoms with Gasteiger partial charge in [-0.2, -0.15) is 0 Å². The van der Waals surface area contributed by atoms with Crippen molar-refractivity contribution in [3.63, 3.8) is 0 Å². The summed E-state index contributed by atoms with van der Waals surface area (Å²) in [6.07, 6.45) is 3.83. The molecule has 5 heteroatoms. The average molecular weight is 235 g/mol. The first-order valence-corrected chi connectivity index (χ1v) is 5.71. The molecule has 1 saturated heterocycles. The van der Waals surface area contributed by atoms with E-state index in [9.17, 15) is 4.79 Å². The summed E-state index contributed by atoms with van der Waals surface area (Å²) in [7, 11) is 1.67. The van der Waals surface area contributed by atoms with Crippen LogP contribution in [-0.4, -0.2) is 43.2 Å². The van der Waals surface area contributed by atoms with Crippen LogP contribution >= 0.6 is 0 Å². The maximum Gasteiger partial charge on any atom is 0.224 e. The number of hydrogen-bond acceptors (Lipinski definition) is 4. The lowest BCUT2D eigenvalue weighted by Gasteiger charge is -2.18. The van der Waals surface area contributed by atoms with Crippen molar-refractivity contribution in [2.24, 2.45) is 0 Å². The molecular formula is C12H17N3O2. The molecule has 1 aromatic rings. The second-order valence-electron chi connectivity index (χ2n) is 4.14. The highest BCUT2D eigenvalue weighted by atomic mass is 16.5. The Kier molecular flexibility index (Phi) is 4.06. The minimum absolute atomic E-state index is 0.0203. The van der Waals surface area contributed by atoms with Crippen LogP contribution in [0, 0.1) is 0 Å². The van der Waals surface area contributed by atoms with Crippen molar-refractivity contribution >= 4 is 5.91 Å². The molecule has 0 spiro atoms. The zero-order valence-corrected chi connectivity index (χ0v) is 9.85. The largest absolute Gasteiger partial charge is 0.378 e. The topological polar surface area (TPSA) is 63.2 Å². The Morgan fingerprint density at radius 1 is 1.53 bits per heavy atom. The van der Waals surface area contributed by atoms with E-state index in [0.29, 0.717) is 6.42 Å². The highest BCUT2D eigenvalue weighted by Crippen LogP contribution is 2.04. The van der Waals surface area contributed by atoms with Crippen LogP contribution < -0.4 is 10.6 Å². The molecule has 92 valence electrons. The van der Waals surface area contributed by atoms with E-state index in [1.165, 1.54) is 0 Å². The number of aromatic nitrogens is 1. The smallest absolute Gasteiger partial charge is 0.224 e. The number of ether oxygens (including phenoxy) is 1. The summed E-state index contributed by atoms with van der Waals surface area (Å²) in [6, 6.07) is 3.76. The molecule has 1 unspecified atom stereocenters. The van der Waals surface area contributed by atoms with Gasteiger partial charge in [0.05, 0.1) is 18.6 Å². The van der Waals surface area contributed by atoms with Crippen molar-refractivity contribution in [1.82, 2.24) is 15.6 Å². The predicted octanol–water partition coefficient (Wildman–Crippen LogP) is -0.273. The molecule has 0 aromatic carbocycles. The van der Waals surface area contributed by atoms with Gasteiger partial charge >= 0.3 is 0 Å². The van der Waals surface area contributed by atoms with Gasteiger partial charge < -0.3 is 15.4 Å². The highest BCUT2D eigenvalue weighted by molar-refractivity contribution is 5.78. The molecule has 1 aromatic heterocycles. The summed E-state index contributed by atoms with van der Waals surface area (Å²) in [6.45, 7) is 1.55. The van der Waals surface area contributed by atoms with Crippen molar-refractivity contribution in [2.75, 3.05) is 20.2 Å². The van der Waals surface area contributed by atoms with Crippen LogP contribution in [0.3, 0.4) is 0 Å². The first-order valence-electron chi connectivity index (χ1n) is 5.71. The number of rotatable bonds is 4. The zero-order chi connectivity index (χ0) is 12.1. The lowest BCUT2D eigenvalue weighted by molar-refractivity contribution is -0.121. The molecule has 2 heterocycles. The first kappa shape index (κ1) is 12.0. The fourth-order valence-electron chi connectivity index (χ4n) is 1.99. The van der Waals surface area contributed by atoms with Crippen LogP contribution in [-0.2, 0) is 16.0 Å². The van der Waals surface area contributed by atoms with Gasteiger partial charge in [0.2, 0.25) is 5.91 Å². The van der Waals surface area contributed by atoms with Crippen LogP contribution in [0.5, 0.6) is 0 Å². The molecule has 2 atom stereocenters. The molecule has 0 aliphatic carbocycles. The summed E-state index contributed by atoms with van der Waals surface area (Å²) in [4.78, 5) is 15.7. The standard InChI is InChI=1S/C12H17N3O2/c1-17-11-8-14-7-10(11)15-12(16)6-9-2-4-13-5-3-9/h2-5,10-11,14H,6-8H2,1H3,(H,15,16)/t10?,11-/m0/s1. The minimum Gasteiger partial charge on any atom is -0.378 e. The van der Waals surface area contributed by atoms with Crippen LogP contribution in [0.2, 0.25) is 0 Å². The quantitative estimate of drug-likeness (QED) is 0.754. The van der Waals surface area contributed by atoms with E-state index in [0.717, 1.165) is 18.7 Å². The summed E-state index contributed by atoms with van der Waals surface area (Å²) < 4.78 is 5.29. The van der Waals surface area contributed by atoms with Gasteiger partial charge in [-0.15, -0.1) is 0 Å². The molecule has 0 saturated carbocycles. The third-order valence-corrected chi connectivity index (χ3v) is 2.92. The van der Waals surface area contributed by atoms with Gasteiger partial charge in [0.1, 0.15) is 0 Å². The first-order chi connectivity index (χ1) is 8.29. The number of carbonyl (C=O) groups excluding carboxylic acids is 1. The maximum absolute atomic E-state index is 11.8. The van der Waals surface area contributed by atoms with E-state index in [-0.39, 0.29) is 18.1 Å². The predicted molar refractivity (Wildman–Crippen MR) is 63.5 cm³/mol. The van der Waals surface area contributed by atoms with Gasteiger partial charge in [-0.1, -0.05) is 0 Å². The third-order valence-electron chi connectivity index (χ3n) is 2.92. The Labute approximate surface area is 101 Å². The van der Waals surface area contributed by atoms with Gasteiger partial charge in [0.25, 0.3) is 0 Å². The number of methoxy groups -OCH3 is 1. The van der Waals surface area contributed by atoms with Crippen molar-refractivity contribution in [2.45, 2.75) is 18.6 Å². The lowest BCUT2D eigenvalue weighted by Crippen LogP contribution is -2.44. The van der Waals surface area contributed by atoms with Crippen LogP contribution in [0.25, 0.3) is 0 Å². The molecule has 2 rings (SSSR count). The number of hydrogen-bond donors (Lipinski definition) is 2. The molecule has 2 N–H and O–H groups in total. The summed E-state index contributed by atoms with van der Waals surface area (Å²) >= 11 is 0. The Morgan fingerprint density at radius 2 is 2.29 bits per heavy atom. The molecular weight excluding hydrogens is 218 g/mol. The van der Waals surface area contributed by atoms with E-state index < -0.39 is 0 Å². The van der Waals surface area contributed by atoms with Crippen molar-refractivity contribution in [1.29, 1.82) is 0 Å². The Bertz CT molecular complexity index is 369. The second-order valence-corrected chi connectivity index (χ2v) is 4.14. The zero-order valence-electron chi connectivity index (χ0n) is 9.85. The Balaban J connectivity index is 1.85. The maximum atomic E-state index is 11.8.